The van der Waals surface area contributed by atoms with Crippen molar-refractivity contribution in [2.75, 3.05) is 0 Å². The summed E-state index contributed by atoms with van der Waals surface area (Å²) in [5, 5.41) is 8.41. The van der Waals surface area contributed by atoms with Gasteiger partial charge in [0.05, 0.1) is 0 Å². The van der Waals surface area contributed by atoms with E-state index in [4.69, 9.17) is 5.11 Å². The van der Waals surface area contributed by atoms with Crippen molar-refractivity contribution in [1.82, 2.24) is 0 Å². The summed E-state index contributed by atoms with van der Waals surface area (Å²) in [4.78, 5) is 10.2. The predicted molar refractivity (Wildman–Crippen MR) is 95.9 cm³/mol. The van der Waals surface area contributed by atoms with Crippen LogP contribution >= 0.6 is 0 Å². The summed E-state index contributed by atoms with van der Waals surface area (Å²) in [5.74, 6) is -0.893. The highest BCUT2D eigenvalue weighted by Crippen LogP contribution is 2.00. The van der Waals surface area contributed by atoms with E-state index in [0.717, 1.165) is 19.3 Å². The van der Waals surface area contributed by atoms with Gasteiger partial charge in [-0.15, -0.1) is 0 Å². The third-order valence-corrected chi connectivity index (χ3v) is 2.99. The molecular formula is C20H30O2. The van der Waals surface area contributed by atoms with Gasteiger partial charge >= 0.3 is 5.97 Å². The lowest BCUT2D eigenvalue weighted by molar-refractivity contribution is -0.131. The van der Waals surface area contributed by atoms with Gasteiger partial charge in [0, 0.05) is 6.08 Å². The van der Waals surface area contributed by atoms with Gasteiger partial charge in [-0.05, 0) is 38.5 Å². The fourth-order valence-electron chi connectivity index (χ4n) is 1.79. The molecule has 0 atom stereocenters. The van der Waals surface area contributed by atoms with Crippen molar-refractivity contribution in [2.45, 2.75) is 58.3 Å². The van der Waals surface area contributed by atoms with Crippen LogP contribution in [0.1, 0.15) is 58.3 Å². The molecule has 0 saturated carbocycles. The van der Waals surface area contributed by atoms with Gasteiger partial charge in [-0.25, -0.2) is 4.79 Å². The molecule has 0 radical (unpaired) electrons. The van der Waals surface area contributed by atoms with Crippen LogP contribution in [0.5, 0.6) is 0 Å². The Labute approximate surface area is 135 Å². The van der Waals surface area contributed by atoms with Gasteiger partial charge in [0.15, 0.2) is 0 Å². The van der Waals surface area contributed by atoms with E-state index in [1.165, 1.54) is 31.8 Å². The highest BCUT2D eigenvalue weighted by Gasteiger charge is 1.82. The maximum Gasteiger partial charge on any atom is 0.327 e. The van der Waals surface area contributed by atoms with Crippen molar-refractivity contribution in [3.63, 3.8) is 0 Å². The first-order valence-electron chi connectivity index (χ1n) is 8.26. The van der Waals surface area contributed by atoms with Crippen LogP contribution in [0.2, 0.25) is 0 Å². The Balaban J connectivity index is 3.48. The highest BCUT2D eigenvalue weighted by molar-refractivity contribution is 5.79. The first-order valence-corrected chi connectivity index (χ1v) is 8.26. The van der Waals surface area contributed by atoms with Crippen LogP contribution in [0.25, 0.3) is 0 Å². The molecule has 2 heteroatoms. The monoisotopic (exact) mass is 302 g/mol. The molecule has 0 unspecified atom stereocenters. The number of unbranched alkanes of at least 4 members (excludes halogenated alkanes) is 3. The summed E-state index contributed by atoms with van der Waals surface area (Å²) in [6, 6.07) is 0. The quantitative estimate of drug-likeness (QED) is 0.258. The Hall–Kier alpha value is -1.83. The Bertz CT molecular complexity index is 398. The van der Waals surface area contributed by atoms with Crippen molar-refractivity contribution >= 4 is 5.97 Å². The van der Waals surface area contributed by atoms with Gasteiger partial charge in [-0.3, -0.25) is 0 Å². The normalized spacial score (nSPS) is 12.8. The van der Waals surface area contributed by atoms with Crippen LogP contribution in [0.15, 0.2) is 60.8 Å². The van der Waals surface area contributed by atoms with Gasteiger partial charge in [-0.2, -0.15) is 0 Å². The fourth-order valence-corrected chi connectivity index (χ4v) is 1.79. The minimum Gasteiger partial charge on any atom is -0.478 e. The maximum absolute atomic E-state index is 10.2. The average molecular weight is 302 g/mol. The second-order valence-electron chi connectivity index (χ2n) is 5.06. The molecular weight excluding hydrogens is 272 g/mol. The molecule has 0 amide bonds. The summed E-state index contributed by atoms with van der Waals surface area (Å²) < 4.78 is 0. The van der Waals surface area contributed by atoms with Crippen molar-refractivity contribution in [2.24, 2.45) is 0 Å². The van der Waals surface area contributed by atoms with Crippen LogP contribution < -0.4 is 0 Å². The number of carboxylic acids is 1. The summed E-state index contributed by atoms with van der Waals surface area (Å²) in [6.07, 6.45) is 28.7. The molecule has 0 aliphatic rings. The van der Waals surface area contributed by atoms with E-state index in [9.17, 15) is 4.79 Å². The van der Waals surface area contributed by atoms with Crippen molar-refractivity contribution in [1.29, 1.82) is 0 Å². The molecule has 0 aromatic rings. The molecule has 0 spiro atoms. The minimum absolute atomic E-state index is 0.671. The molecule has 0 aromatic heterocycles. The molecule has 0 fully saturated rings. The van der Waals surface area contributed by atoms with Crippen LogP contribution in [0.4, 0.5) is 0 Å². The molecule has 2 nitrogen and oxygen atoms in total. The number of rotatable bonds is 13. The summed E-state index contributed by atoms with van der Waals surface area (Å²) >= 11 is 0. The highest BCUT2D eigenvalue weighted by atomic mass is 16.4. The Morgan fingerprint density at radius 2 is 1.18 bits per heavy atom. The van der Waals surface area contributed by atoms with E-state index in [-0.39, 0.29) is 0 Å². The van der Waals surface area contributed by atoms with E-state index in [1.54, 1.807) is 6.08 Å². The molecule has 0 aliphatic heterocycles. The Kier molecular flexibility index (Phi) is 15.8. The van der Waals surface area contributed by atoms with E-state index in [0.29, 0.717) is 6.42 Å². The zero-order valence-corrected chi connectivity index (χ0v) is 13.8. The number of aliphatic carboxylic acids is 1. The lowest BCUT2D eigenvalue weighted by Gasteiger charge is -1.90. The topological polar surface area (TPSA) is 37.3 Å². The molecule has 0 saturated heterocycles. The molecule has 122 valence electrons. The van der Waals surface area contributed by atoms with E-state index in [2.05, 4.69) is 43.4 Å². The Morgan fingerprint density at radius 1 is 0.727 bits per heavy atom. The number of carboxylic acid groups (broad SMARTS) is 1. The van der Waals surface area contributed by atoms with Crippen molar-refractivity contribution in [3.8, 4) is 0 Å². The molecule has 0 aromatic carbocycles. The number of hydrogen-bond acceptors (Lipinski definition) is 1. The van der Waals surface area contributed by atoms with Crippen molar-refractivity contribution < 1.29 is 9.90 Å². The van der Waals surface area contributed by atoms with E-state index in [1.807, 2.05) is 12.2 Å². The van der Waals surface area contributed by atoms with Crippen molar-refractivity contribution in [3.05, 3.63) is 60.8 Å². The maximum atomic E-state index is 10.2. The second-order valence-corrected chi connectivity index (χ2v) is 5.06. The van der Waals surface area contributed by atoms with Gasteiger partial charge in [0.1, 0.15) is 0 Å². The summed E-state index contributed by atoms with van der Waals surface area (Å²) in [6.45, 7) is 2.23. The summed E-state index contributed by atoms with van der Waals surface area (Å²) in [5.41, 5.74) is 0. The fraction of sp³-hybridized carbons (Fsp3) is 0.450. The zero-order chi connectivity index (χ0) is 16.3. The van der Waals surface area contributed by atoms with Crippen LogP contribution in [0.3, 0.4) is 0 Å². The predicted octanol–water partition coefficient (Wildman–Crippen LogP) is 5.99. The number of hydrogen-bond donors (Lipinski definition) is 1. The smallest absolute Gasteiger partial charge is 0.327 e. The molecule has 0 rings (SSSR count). The van der Waals surface area contributed by atoms with Crippen LogP contribution in [0, 0.1) is 0 Å². The second kappa shape index (κ2) is 17.2. The molecule has 0 aliphatic carbocycles. The first kappa shape index (κ1) is 20.2. The van der Waals surface area contributed by atoms with Gasteiger partial charge < -0.3 is 5.11 Å². The average Bonchev–Trinajstić information content (AvgIpc) is 2.50. The number of carbonyl (C=O) groups is 1. The summed E-state index contributed by atoms with van der Waals surface area (Å²) in [7, 11) is 0. The zero-order valence-electron chi connectivity index (χ0n) is 13.8. The van der Waals surface area contributed by atoms with E-state index >= 15 is 0 Å². The largest absolute Gasteiger partial charge is 0.478 e. The third kappa shape index (κ3) is 18.2. The first-order chi connectivity index (χ1) is 10.8. The van der Waals surface area contributed by atoms with Crippen LogP contribution in [-0.4, -0.2) is 11.1 Å². The van der Waals surface area contributed by atoms with Gasteiger partial charge in [0.25, 0.3) is 0 Å². The molecule has 1 N–H and O–H groups in total. The SMILES string of the molecule is CCCCC/C=C\C/C=C\C/C=C\C/C=C\C/C=C/C(=O)O. The van der Waals surface area contributed by atoms with Crippen LogP contribution in [-0.2, 0) is 4.79 Å². The molecule has 0 heterocycles. The lowest BCUT2D eigenvalue weighted by atomic mass is 10.2. The minimum atomic E-state index is -0.893. The van der Waals surface area contributed by atoms with Gasteiger partial charge in [0.2, 0.25) is 0 Å². The van der Waals surface area contributed by atoms with Gasteiger partial charge in [-0.1, -0.05) is 74.4 Å². The number of allylic oxidation sites excluding steroid dienone is 9. The van der Waals surface area contributed by atoms with E-state index < -0.39 is 5.97 Å². The molecule has 22 heavy (non-hydrogen) atoms. The third-order valence-electron chi connectivity index (χ3n) is 2.99. The standard InChI is InChI=1S/C20H30O2/c1-2-3-4-5-6-7-8-9-10-11-12-13-14-15-16-17-18-19-20(21)22/h6-7,9-10,12-13,15-16,18-19H,2-5,8,11,14,17H2,1H3,(H,21,22)/b7-6-,10-9-,13-12-,16-15-,19-18+. The molecule has 0 bridgehead atoms. The lowest BCUT2D eigenvalue weighted by Crippen LogP contribution is -1.84. The Morgan fingerprint density at radius 3 is 1.64 bits per heavy atom.